The molecule has 0 spiro atoms. The molecule has 0 aliphatic carbocycles. The van der Waals surface area contributed by atoms with Gasteiger partial charge in [0.15, 0.2) is 15.6 Å². The number of Topliss-reactive ketones (excluding diaryl/α,β-unsaturated/α-hetero) is 1. The maximum absolute atomic E-state index is 12.1. The summed E-state index contributed by atoms with van der Waals surface area (Å²) in [6, 6.07) is 6.50. The van der Waals surface area contributed by atoms with Crippen molar-refractivity contribution in [3.8, 4) is 0 Å². The molecule has 2 fully saturated rings. The van der Waals surface area contributed by atoms with Crippen molar-refractivity contribution in [2.75, 3.05) is 16.4 Å². The van der Waals surface area contributed by atoms with Crippen LogP contribution in [0.3, 0.4) is 0 Å². The molecule has 1 amide bonds. The number of hydrogen-bond acceptors (Lipinski definition) is 4. The van der Waals surface area contributed by atoms with Gasteiger partial charge in [-0.25, -0.2) is 8.42 Å². The van der Waals surface area contributed by atoms with Gasteiger partial charge in [-0.15, -0.1) is 0 Å². The molecule has 20 heavy (non-hydrogen) atoms. The first-order chi connectivity index (χ1) is 9.37. The number of anilines is 1. The summed E-state index contributed by atoms with van der Waals surface area (Å²) in [7, 11) is -3.04. The molecule has 3 rings (SSSR count). The van der Waals surface area contributed by atoms with Gasteiger partial charge in [0.25, 0.3) is 0 Å². The maximum atomic E-state index is 12.1. The van der Waals surface area contributed by atoms with Crippen molar-refractivity contribution in [1.29, 1.82) is 0 Å². The number of nitrogens with zero attached hydrogens (tertiary/aromatic N) is 1. The fourth-order valence-electron chi connectivity index (χ4n) is 3.08. The van der Waals surface area contributed by atoms with Crippen LogP contribution in [0.15, 0.2) is 24.3 Å². The largest absolute Gasteiger partial charge is 0.308 e. The van der Waals surface area contributed by atoms with Crippen LogP contribution in [0.5, 0.6) is 0 Å². The van der Waals surface area contributed by atoms with Crippen LogP contribution in [0.4, 0.5) is 5.69 Å². The minimum absolute atomic E-state index is 0.0365. The molecule has 2 atom stereocenters. The van der Waals surface area contributed by atoms with Crippen LogP contribution in [0.2, 0.25) is 0 Å². The van der Waals surface area contributed by atoms with Gasteiger partial charge in [-0.05, 0) is 31.2 Å². The number of carbonyl (C=O) groups is 2. The Balaban J connectivity index is 1.93. The molecule has 1 aromatic rings. The van der Waals surface area contributed by atoms with Gasteiger partial charge in [0, 0.05) is 23.6 Å². The third-order valence-electron chi connectivity index (χ3n) is 4.03. The van der Waals surface area contributed by atoms with Crippen LogP contribution in [0, 0.1) is 5.92 Å². The van der Waals surface area contributed by atoms with Crippen LogP contribution >= 0.6 is 0 Å². The summed E-state index contributed by atoms with van der Waals surface area (Å²) in [6.07, 6.45) is 0.290. The predicted octanol–water partition coefficient (Wildman–Crippen LogP) is 1.04. The Labute approximate surface area is 117 Å². The van der Waals surface area contributed by atoms with Crippen molar-refractivity contribution in [2.24, 2.45) is 5.92 Å². The number of benzene rings is 1. The zero-order chi connectivity index (χ0) is 14.5. The van der Waals surface area contributed by atoms with Crippen molar-refractivity contribution < 1.29 is 18.0 Å². The second kappa shape index (κ2) is 4.41. The monoisotopic (exact) mass is 293 g/mol. The number of hydrogen-bond donors (Lipinski definition) is 0. The molecule has 2 aliphatic heterocycles. The number of sulfone groups is 1. The summed E-state index contributed by atoms with van der Waals surface area (Å²) < 4.78 is 23.4. The van der Waals surface area contributed by atoms with E-state index < -0.39 is 9.84 Å². The summed E-state index contributed by atoms with van der Waals surface area (Å²) in [5, 5.41) is 0. The first kappa shape index (κ1) is 13.3. The molecule has 2 unspecified atom stereocenters. The highest BCUT2D eigenvalue weighted by Gasteiger charge is 2.49. The summed E-state index contributed by atoms with van der Waals surface area (Å²) >= 11 is 0. The van der Waals surface area contributed by atoms with E-state index in [1.807, 2.05) is 0 Å². The Hall–Kier alpha value is -1.69. The summed E-state index contributed by atoms with van der Waals surface area (Å²) in [5.74, 6) is -0.0281. The number of amides is 1. The molecule has 0 radical (unpaired) electrons. The lowest BCUT2D eigenvalue weighted by atomic mass is 10.0. The Kier molecular flexibility index (Phi) is 2.93. The fourth-order valence-corrected chi connectivity index (χ4v) is 5.15. The zero-order valence-corrected chi connectivity index (χ0v) is 11.9. The zero-order valence-electron chi connectivity index (χ0n) is 11.1. The van der Waals surface area contributed by atoms with E-state index in [-0.39, 0.29) is 35.2 Å². The number of carbonyl (C=O) groups excluding carboxylic acids is 2. The van der Waals surface area contributed by atoms with Crippen LogP contribution in [0.1, 0.15) is 23.7 Å². The first-order valence-electron chi connectivity index (χ1n) is 6.51. The summed E-state index contributed by atoms with van der Waals surface area (Å²) in [6.45, 7) is 1.48. The average Bonchev–Trinajstić information content (AvgIpc) is 2.79. The topological polar surface area (TPSA) is 71.5 Å². The van der Waals surface area contributed by atoms with E-state index in [9.17, 15) is 18.0 Å². The quantitative estimate of drug-likeness (QED) is 0.764. The molecule has 5 nitrogen and oxygen atoms in total. The first-order valence-corrected chi connectivity index (χ1v) is 8.33. The van der Waals surface area contributed by atoms with Gasteiger partial charge in [0.2, 0.25) is 5.91 Å². The van der Waals surface area contributed by atoms with E-state index >= 15 is 0 Å². The minimum Gasteiger partial charge on any atom is -0.308 e. The predicted molar refractivity (Wildman–Crippen MR) is 74.5 cm³/mol. The molecular formula is C14H15NO4S. The smallest absolute Gasteiger partial charge is 0.227 e. The van der Waals surface area contributed by atoms with E-state index in [0.717, 1.165) is 0 Å². The number of ketones is 1. The van der Waals surface area contributed by atoms with Gasteiger partial charge in [0.1, 0.15) is 0 Å². The van der Waals surface area contributed by atoms with E-state index in [4.69, 9.17) is 0 Å². The van der Waals surface area contributed by atoms with E-state index in [2.05, 4.69) is 0 Å². The molecule has 0 N–H and O–H groups in total. The highest BCUT2D eigenvalue weighted by molar-refractivity contribution is 7.91. The average molecular weight is 293 g/mol. The Morgan fingerprint density at radius 3 is 2.45 bits per heavy atom. The second-order valence-electron chi connectivity index (χ2n) is 5.48. The Morgan fingerprint density at radius 2 is 1.85 bits per heavy atom. The van der Waals surface area contributed by atoms with Crippen LogP contribution in [0.25, 0.3) is 0 Å². The van der Waals surface area contributed by atoms with E-state index in [1.165, 1.54) is 6.92 Å². The highest BCUT2D eigenvalue weighted by atomic mass is 32.2. The molecule has 2 saturated heterocycles. The van der Waals surface area contributed by atoms with E-state index in [1.54, 1.807) is 29.2 Å². The third-order valence-corrected chi connectivity index (χ3v) is 5.81. The molecule has 2 aliphatic rings. The lowest BCUT2D eigenvalue weighted by Crippen LogP contribution is -2.36. The molecule has 106 valence electrons. The van der Waals surface area contributed by atoms with Gasteiger partial charge >= 0.3 is 0 Å². The number of rotatable bonds is 2. The second-order valence-corrected chi connectivity index (χ2v) is 7.63. The molecule has 0 aromatic heterocycles. The summed E-state index contributed by atoms with van der Waals surface area (Å²) in [5.41, 5.74) is 1.25. The van der Waals surface area contributed by atoms with Crippen molar-refractivity contribution in [1.82, 2.24) is 0 Å². The molecule has 2 heterocycles. The SMILES string of the molecule is CC(=O)c1ccc(N2C(=O)CC3CS(=O)(=O)CC32)cc1. The Bertz CT molecular complexity index is 678. The molecular weight excluding hydrogens is 278 g/mol. The fraction of sp³-hybridized carbons (Fsp3) is 0.429. The Morgan fingerprint density at radius 1 is 1.20 bits per heavy atom. The normalized spacial score (nSPS) is 27.6. The molecule has 6 heteroatoms. The van der Waals surface area contributed by atoms with Gasteiger partial charge in [-0.1, -0.05) is 0 Å². The van der Waals surface area contributed by atoms with Gasteiger partial charge in [-0.2, -0.15) is 0 Å². The number of fused-ring (bicyclic) bond motifs is 1. The summed E-state index contributed by atoms with van der Waals surface area (Å²) in [4.78, 5) is 24.9. The van der Waals surface area contributed by atoms with Crippen molar-refractivity contribution in [3.63, 3.8) is 0 Å². The van der Waals surface area contributed by atoms with Crippen LogP contribution in [-0.4, -0.2) is 37.7 Å². The van der Waals surface area contributed by atoms with Crippen molar-refractivity contribution in [2.45, 2.75) is 19.4 Å². The van der Waals surface area contributed by atoms with Crippen LogP contribution < -0.4 is 4.90 Å². The van der Waals surface area contributed by atoms with Crippen molar-refractivity contribution >= 4 is 27.2 Å². The minimum atomic E-state index is -3.04. The van der Waals surface area contributed by atoms with E-state index in [0.29, 0.717) is 17.7 Å². The molecule has 0 saturated carbocycles. The highest BCUT2D eigenvalue weighted by Crippen LogP contribution is 2.37. The maximum Gasteiger partial charge on any atom is 0.227 e. The van der Waals surface area contributed by atoms with Gasteiger partial charge in [-0.3, -0.25) is 9.59 Å². The molecule has 0 bridgehead atoms. The van der Waals surface area contributed by atoms with Crippen molar-refractivity contribution in [3.05, 3.63) is 29.8 Å². The standard InChI is InChI=1S/C14H15NO4S/c1-9(16)10-2-4-12(5-3-10)15-13-8-20(18,19)7-11(13)6-14(15)17/h2-5,11,13H,6-8H2,1H3. The molecule has 1 aromatic carbocycles. The lowest BCUT2D eigenvalue weighted by Gasteiger charge is -2.23. The lowest BCUT2D eigenvalue weighted by molar-refractivity contribution is -0.117. The van der Waals surface area contributed by atoms with Crippen LogP contribution in [-0.2, 0) is 14.6 Å². The van der Waals surface area contributed by atoms with Gasteiger partial charge < -0.3 is 4.90 Å². The third kappa shape index (κ3) is 2.14. The van der Waals surface area contributed by atoms with Gasteiger partial charge in [0.05, 0.1) is 17.5 Å².